The number of carbonyl (C=O) groups is 1. The Hall–Kier alpha value is -1.97. The third kappa shape index (κ3) is 2.06. The molecule has 1 amide bonds. The Labute approximate surface area is 106 Å². The minimum Gasteiger partial charge on any atom is -0.295 e. The number of pyridine rings is 1. The lowest BCUT2D eigenvalue weighted by Gasteiger charge is -2.13. The predicted octanol–water partition coefficient (Wildman–Crippen LogP) is 2.24. The van der Waals surface area contributed by atoms with Gasteiger partial charge in [-0.3, -0.25) is 14.7 Å². The van der Waals surface area contributed by atoms with Gasteiger partial charge in [0.2, 0.25) is 0 Å². The second-order valence-electron chi connectivity index (χ2n) is 4.61. The zero-order valence-electron chi connectivity index (χ0n) is 10.2. The molecule has 1 fully saturated rings. The molecule has 2 aliphatic rings. The van der Waals surface area contributed by atoms with E-state index in [4.69, 9.17) is 0 Å². The smallest absolute Gasteiger partial charge is 0.277 e. The maximum atomic E-state index is 12.2. The molecule has 1 saturated heterocycles. The van der Waals surface area contributed by atoms with E-state index < -0.39 is 0 Å². The summed E-state index contributed by atoms with van der Waals surface area (Å²) in [6.45, 7) is 0.811. The standard InChI is InChI=1S/C14H15N3O/c18-14-12(10-11-5-7-15-8-6-11)16-13-4-2-1-3-9-17(13)14/h5-8,10H,1-4,9H2. The van der Waals surface area contributed by atoms with E-state index in [0.717, 1.165) is 37.2 Å². The van der Waals surface area contributed by atoms with Crippen LogP contribution in [0.4, 0.5) is 0 Å². The average Bonchev–Trinajstić information content (AvgIpc) is 2.58. The number of hydrogen-bond donors (Lipinski definition) is 0. The molecule has 0 N–H and O–H groups in total. The van der Waals surface area contributed by atoms with Crippen molar-refractivity contribution in [2.75, 3.05) is 6.54 Å². The highest BCUT2D eigenvalue weighted by molar-refractivity contribution is 6.14. The Bertz CT molecular complexity index is 519. The Morgan fingerprint density at radius 3 is 2.83 bits per heavy atom. The van der Waals surface area contributed by atoms with Crippen LogP contribution in [0.1, 0.15) is 31.2 Å². The third-order valence-electron chi connectivity index (χ3n) is 3.32. The molecular formula is C14H15N3O. The van der Waals surface area contributed by atoms with Crippen LogP contribution in [0, 0.1) is 0 Å². The summed E-state index contributed by atoms with van der Waals surface area (Å²) in [5, 5.41) is 0. The van der Waals surface area contributed by atoms with Crippen molar-refractivity contribution >= 4 is 17.8 Å². The molecule has 0 unspecified atom stereocenters. The first kappa shape index (κ1) is 11.1. The van der Waals surface area contributed by atoms with E-state index in [1.807, 2.05) is 23.1 Å². The van der Waals surface area contributed by atoms with Gasteiger partial charge in [-0.15, -0.1) is 0 Å². The fraction of sp³-hybridized carbons (Fsp3) is 0.357. The van der Waals surface area contributed by atoms with E-state index in [1.165, 1.54) is 6.42 Å². The molecular weight excluding hydrogens is 226 g/mol. The molecule has 0 bridgehead atoms. The molecule has 4 heteroatoms. The van der Waals surface area contributed by atoms with Crippen molar-refractivity contribution in [2.45, 2.75) is 25.7 Å². The summed E-state index contributed by atoms with van der Waals surface area (Å²) in [6, 6.07) is 3.76. The second kappa shape index (κ2) is 4.72. The zero-order valence-corrected chi connectivity index (χ0v) is 10.2. The molecule has 0 aliphatic carbocycles. The van der Waals surface area contributed by atoms with E-state index in [2.05, 4.69) is 9.98 Å². The van der Waals surface area contributed by atoms with Gasteiger partial charge in [0.05, 0.1) is 0 Å². The average molecular weight is 241 g/mol. The largest absolute Gasteiger partial charge is 0.295 e. The number of hydrogen-bond acceptors (Lipinski definition) is 3. The maximum absolute atomic E-state index is 12.2. The maximum Gasteiger partial charge on any atom is 0.277 e. The Morgan fingerprint density at radius 1 is 1.17 bits per heavy atom. The van der Waals surface area contributed by atoms with Gasteiger partial charge in [0.15, 0.2) is 0 Å². The first-order chi connectivity index (χ1) is 8.84. The Balaban J connectivity index is 1.91. The van der Waals surface area contributed by atoms with E-state index in [1.54, 1.807) is 12.4 Å². The van der Waals surface area contributed by atoms with Gasteiger partial charge in [0.1, 0.15) is 11.5 Å². The summed E-state index contributed by atoms with van der Waals surface area (Å²) in [7, 11) is 0. The van der Waals surface area contributed by atoms with Gasteiger partial charge < -0.3 is 0 Å². The van der Waals surface area contributed by atoms with Crippen LogP contribution >= 0.6 is 0 Å². The lowest BCUT2D eigenvalue weighted by Crippen LogP contribution is -2.31. The minimum absolute atomic E-state index is 0.0451. The summed E-state index contributed by atoms with van der Waals surface area (Å²) in [5.41, 5.74) is 1.52. The van der Waals surface area contributed by atoms with Crippen LogP contribution in [0.3, 0.4) is 0 Å². The van der Waals surface area contributed by atoms with Crippen LogP contribution < -0.4 is 0 Å². The van der Waals surface area contributed by atoms with Crippen LogP contribution in [0.15, 0.2) is 35.2 Å². The predicted molar refractivity (Wildman–Crippen MR) is 69.8 cm³/mol. The van der Waals surface area contributed by atoms with Crippen LogP contribution in [-0.4, -0.2) is 28.2 Å². The van der Waals surface area contributed by atoms with E-state index in [0.29, 0.717) is 5.70 Å². The molecule has 2 aliphatic heterocycles. The molecule has 0 spiro atoms. The van der Waals surface area contributed by atoms with Crippen molar-refractivity contribution in [3.8, 4) is 0 Å². The number of rotatable bonds is 1. The van der Waals surface area contributed by atoms with Crippen LogP contribution in [0.25, 0.3) is 6.08 Å². The molecule has 3 rings (SSSR count). The molecule has 92 valence electrons. The van der Waals surface area contributed by atoms with Gasteiger partial charge in [-0.25, -0.2) is 4.99 Å². The topological polar surface area (TPSA) is 45.6 Å². The lowest BCUT2D eigenvalue weighted by molar-refractivity contribution is -0.122. The molecule has 1 aromatic rings. The number of aromatic nitrogens is 1. The van der Waals surface area contributed by atoms with Crippen LogP contribution in [0.2, 0.25) is 0 Å². The zero-order chi connectivity index (χ0) is 12.4. The summed E-state index contributed by atoms with van der Waals surface area (Å²) in [4.78, 5) is 22.5. The highest BCUT2D eigenvalue weighted by atomic mass is 16.2. The fourth-order valence-corrected chi connectivity index (χ4v) is 2.37. The molecule has 18 heavy (non-hydrogen) atoms. The van der Waals surface area contributed by atoms with Gasteiger partial charge in [0, 0.05) is 25.4 Å². The van der Waals surface area contributed by atoms with Gasteiger partial charge >= 0.3 is 0 Å². The fourth-order valence-electron chi connectivity index (χ4n) is 2.37. The van der Waals surface area contributed by atoms with E-state index >= 15 is 0 Å². The minimum atomic E-state index is 0.0451. The van der Waals surface area contributed by atoms with Gasteiger partial charge in [0.25, 0.3) is 5.91 Å². The molecule has 1 aromatic heterocycles. The van der Waals surface area contributed by atoms with Crippen LogP contribution in [0.5, 0.6) is 0 Å². The highest BCUT2D eigenvalue weighted by Crippen LogP contribution is 2.23. The van der Waals surface area contributed by atoms with Crippen molar-refractivity contribution in [2.24, 2.45) is 4.99 Å². The number of amides is 1. The molecule has 0 saturated carbocycles. The van der Waals surface area contributed by atoms with Crippen molar-refractivity contribution in [1.82, 2.24) is 9.88 Å². The number of amidine groups is 1. The lowest BCUT2D eigenvalue weighted by atomic mass is 10.2. The Morgan fingerprint density at radius 2 is 2.00 bits per heavy atom. The first-order valence-electron chi connectivity index (χ1n) is 6.36. The second-order valence-corrected chi connectivity index (χ2v) is 4.61. The monoisotopic (exact) mass is 241 g/mol. The first-order valence-corrected chi connectivity index (χ1v) is 6.36. The van der Waals surface area contributed by atoms with Gasteiger partial charge in [-0.2, -0.15) is 0 Å². The number of fused-ring (bicyclic) bond motifs is 1. The summed E-state index contributed by atoms with van der Waals surface area (Å²) in [6.07, 6.45) is 9.59. The quantitative estimate of drug-likeness (QED) is 0.708. The SMILES string of the molecule is O=C1C(=Cc2ccncc2)N=C2CCCCCN12. The molecule has 3 heterocycles. The summed E-state index contributed by atoms with van der Waals surface area (Å²) >= 11 is 0. The highest BCUT2D eigenvalue weighted by Gasteiger charge is 2.30. The van der Waals surface area contributed by atoms with Crippen molar-refractivity contribution in [3.05, 3.63) is 35.8 Å². The number of aliphatic imine (C=N–C) groups is 1. The van der Waals surface area contributed by atoms with Crippen molar-refractivity contribution in [1.29, 1.82) is 0 Å². The number of nitrogens with zero attached hydrogens (tertiary/aromatic N) is 3. The summed E-state index contributed by atoms with van der Waals surface area (Å²) in [5.74, 6) is 0.988. The van der Waals surface area contributed by atoms with Gasteiger partial charge in [-0.1, -0.05) is 6.42 Å². The van der Waals surface area contributed by atoms with Crippen molar-refractivity contribution < 1.29 is 4.79 Å². The Kier molecular flexibility index (Phi) is 2.92. The normalized spacial score (nSPS) is 21.8. The molecule has 4 nitrogen and oxygen atoms in total. The van der Waals surface area contributed by atoms with Gasteiger partial charge in [-0.05, 0) is 36.6 Å². The van der Waals surface area contributed by atoms with Crippen LogP contribution in [-0.2, 0) is 4.79 Å². The summed E-state index contributed by atoms with van der Waals surface area (Å²) < 4.78 is 0. The molecule has 0 aromatic carbocycles. The number of carbonyl (C=O) groups excluding carboxylic acids is 1. The molecule has 0 atom stereocenters. The van der Waals surface area contributed by atoms with E-state index in [-0.39, 0.29) is 5.91 Å². The van der Waals surface area contributed by atoms with E-state index in [9.17, 15) is 4.79 Å². The molecule has 0 radical (unpaired) electrons. The van der Waals surface area contributed by atoms with Crippen molar-refractivity contribution in [3.63, 3.8) is 0 Å². The third-order valence-corrected chi connectivity index (χ3v) is 3.32.